The van der Waals surface area contributed by atoms with Gasteiger partial charge in [0, 0.05) is 12.6 Å². The standard InChI is InChI=1S/C19H20N4O3S/c1-13-19(14(2)23(21-13)18-10-5-4-6-11-18)27(25,26)22-17-9-7-8-16(12-17)20-15(3)24/h4-12,22H,1-3H3,(H,20,24). The summed E-state index contributed by atoms with van der Waals surface area (Å²) >= 11 is 0. The van der Waals surface area contributed by atoms with E-state index in [1.54, 1.807) is 42.8 Å². The van der Waals surface area contributed by atoms with Crippen LogP contribution in [0.15, 0.2) is 59.5 Å². The summed E-state index contributed by atoms with van der Waals surface area (Å²) < 4.78 is 30.1. The van der Waals surface area contributed by atoms with Crippen LogP contribution in [0.2, 0.25) is 0 Å². The van der Waals surface area contributed by atoms with E-state index in [0.29, 0.717) is 22.8 Å². The van der Waals surface area contributed by atoms with Gasteiger partial charge in [-0.1, -0.05) is 24.3 Å². The SMILES string of the molecule is CC(=O)Nc1cccc(NS(=O)(=O)c2c(C)nn(-c3ccccc3)c2C)c1. The fourth-order valence-corrected chi connectivity index (χ4v) is 4.35. The number of aromatic nitrogens is 2. The highest BCUT2D eigenvalue weighted by atomic mass is 32.2. The first-order valence-corrected chi connectivity index (χ1v) is 9.78. The van der Waals surface area contributed by atoms with Crippen LogP contribution in [0.5, 0.6) is 0 Å². The van der Waals surface area contributed by atoms with E-state index in [-0.39, 0.29) is 10.8 Å². The molecule has 0 unspecified atom stereocenters. The molecule has 2 aromatic carbocycles. The van der Waals surface area contributed by atoms with Crippen molar-refractivity contribution < 1.29 is 13.2 Å². The van der Waals surface area contributed by atoms with Crippen molar-refractivity contribution in [1.29, 1.82) is 0 Å². The number of nitrogens with one attached hydrogen (secondary N) is 2. The van der Waals surface area contributed by atoms with E-state index in [9.17, 15) is 13.2 Å². The molecule has 27 heavy (non-hydrogen) atoms. The molecule has 0 aliphatic rings. The zero-order valence-electron chi connectivity index (χ0n) is 15.2. The minimum Gasteiger partial charge on any atom is -0.326 e. The molecule has 0 spiro atoms. The molecule has 0 saturated heterocycles. The predicted molar refractivity (Wildman–Crippen MR) is 105 cm³/mol. The summed E-state index contributed by atoms with van der Waals surface area (Å²) in [4.78, 5) is 11.3. The number of anilines is 2. The van der Waals surface area contributed by atoms with Gasteiger partial charge in [-0.3, -0.25) is 9.52 Å². The largest absolute Gasteiger partial charge is 0.326 e. The van der Waals surface area contributed by atoms with E-state index in [0.717, 1.165) is 5.69 Å². The van der Waals surface area contributed by atoms with Crippen molar-refractivity contribution in [3.63, 3.8) is 0 Å². The zero-order chi connectivity index (χ0) is 19.6. The molecule has 0 radical (unpaired) electrons. The van der Waals surface area contributed by atoms with Gasteiger partial charge in [0.2, 0.25) is 5.91 Å². The Morgan fingerprint density at radius 1 is 1.00 bits per heavy atom. The molecular weight excluding hydrogens is 364 g/mol. The second kappa shape index (κ2) is 7.24. The number of benzene rings is 2. The molecule has 2 N–H and O–H groups in total. The van der Waals surface area contributed by atoms with Crippen molar-refractivity contribution in [2.45, 2.75) is 25.7 Å². The van der Waals surface area contributed by atoms with Crippen molar-refractivity contribution in [3.8, 4) is 5.69 Å². The summed E-state index contributed by atoms with van der Waals surface area (Å²) in [6, 6.07) is 15.9. The third-order valence-corrected chi connectivity index (χ3v) is 5.56. The van der Waals surface area contributed by atoms with Crippen molar-refractivity contribution in [3.05, 3.63) is 66.0 Å². The van der Waals surface area contributed by atoms with Crippen molar-refractivity contribution in [2.24, 2.45) is 0 Å². The third kappa shape index (κ3) is 4.01. The molecule has 3 rings (SSSR count). The lowest BCUT2D eigenvalue weighted by molar-refractivity contribution is -0.114. The van der Waals surface area contributed by atoms with Crippen LogP contribution >= 0.6 is 0 Å². The first-order chi connectivity index (χ1) is 12.8. The van der Waals surface area contributed by atoms with Gasteiger partial charge >= 0.3 is 0 Å². The average molecular weight is 384 g/mol. The maximum atomic E-state index is 13.0. The maximum Gasteiger partial charge on any atom is 0.265 e. The highest BCUT2D eigenvalue weighted by molar-refractivity contribution is 7.92. The second-order valence-electron chi connectivity index (χ2n) is 6.11. The summed E-state index contributed by atoms with van der Waals surface area (Å²) in [7, 11) is -3.85. The molecule has 1 heterocycles. The average Bonchev–Trinajstić information content (AvgIpc) is 2.90. The Kier molecular flexibility index (Phi) is 5.00. The van der Waals surface area contributed by atoms with Crippen LogP contribution < -0.4 is 10.0 Å². The van der Waals surface area contributed by atoms with Crippen molar-refractivity contribution in [1.82, 2.24) is 9.78 Å². The topological polar surface area (TPSA) is 93.1 Å². The Morgan fingerprint density at radius 3 is 2.33 bits per heavy atom. The Labute approximate surface area is 158 Å². The number of para-hydroxylation sites is 1. The molecule has 140 valence electrons. The molecule has 8 heteroatoms. The van der Waals surface area contributed by atoms with Gasteiger partial charge < -0.3 is 5.32 Å². The molecule has 7 nitrogen and oxygen atoms in total. The quantitative estimate of drug-likeness (QED) is 0.706. The molecule has 0 aliphatic heterocycles. The number of hydrogen-bond acceptors (Lipinski definition) is 4. The van der Waals surface area contributed by atoms with Crippen LogP contribution in [0.1, 0.15) is 18.3 Å². The van der Waals surface area contributed by atoms with E-state index in [4.69, 9.17) is 0 Å². The Bertz CT molecular complexity index is 1090. The molecule has 1 amide bonds. The number of aryl methyl sites for hydroxylation is 1. The normalized spacial score (nSPS) is 11.2. The summed E-state index contributed by atoms with van der Waals surface area (Å²) in [5, 5.41) is 7.01. The van der Waals surface area contributed by atoms with E-state index >= 15 is 0 Å². The lowest BCUT2D eigenvalue weighted by Gasteiger charge is -2.10. The van der Waals surface area contributed by atoms with Gasteiger partial charge in [0.1, 0.15) is 4.90 Å². The van der Waals surface area contributed by atoms with Crippen molar-refractivity contribution >= 4 is 27.3 Å². The van der Waals surface area contributed by atoms with Gasteiger partial charge in [-0.05, 0) is 44.2 Å². The number of nitrogens with zero attached hydrogens (tertiary/aromatic N) is 2. The minimum atomic E-state index is -3.85. The summed E-state index contributed by atoms with van der Waals surface area (Å²) in [5.41, 5.74) is 2.57. The van der Waals surface area contributed by atoms with Gasteiger partial charge in [0.25, 0.3) is 10.0 Å². The van der Waals surface area contributed by atoms with E-state index in [1.165, 1.54) is 6.92 Å². The minimum absolute atomic E-state index is 0.135. The van der Waals surface area contributed by atoms with E-state index < -0.39 is 10.0 Å². The number of sulfonamides is 1. The fraction of sp³-hybridized carbons (Fsp3) is 0.158. The molecular formula is C19H20N4O3S. The molecule has 0 aliphatic carbocycles. The van der Waals surface area contributed by atoms with Crippen LogP contribution in [-0.2, 0) is 14.8 Å². The number of carbonyl (C=O) groups is 1. The predicted octanol–water partition coefficient (Wildman–Crippen LogP) is 3.25. The highest BCUT2D eigenvalue weighted by Gasteiger charge is 2.25. The summed E-state index contributed by atoms with van der Waals surface area (Å²) in [5.74, 6) is -0.231. The van der Waals surface area contributed by atoms with Crippen LogP contribution in [0.25, 0.3) is 5.69 Å². The number of amides is 1. The van der Waals surface area contributed by atoms with E-state index in [1.807, 2.05) is 30.3 Å². The molecule has 0 atom stereocenters. The molecule has 3 aromatic rings. The smallest absolute Gasteiger partial charge is 0.265 e. The molecule has 0 saturated carbocycles. The Balaban J connectivity index is 1.97. The zero-order valence-corrected chi connectivity index (χ0v) is 16.0. The maximum absolute atomic E-state index is 13.0. The monoisotopic (exact) mass is 384 g/mol. The lowest BCUT2D eigenvalue weighted by atomic mass is 10.3. The van der Waals surface area contributed by atoms with Gasteiger partial charge in [-0.2, -0.15) is 5.10 Å². The van der Waals surface area contributed by atoms with Crippen LogP contribution in [0.3, 0.4) is 0 Å². The highest BCUT2D eigenvalue weighted by Crippen LogP contribution is 2.25. The van der Waals surface area contributed by atoms with Crippen LogP contribution in [0.4, 0.5) is 11.4 Å². The number of rotatable bonds is 5. The second-order valence-corrected chi connectivity index (χ2v) is 7.73. The molecule has 1 aromatic heterocycles. The van der Waals surface area contributed by atoms with Gasteiger partial charge in [0.05, 0.1) is 22.8 Å². The third-order valence-electron chi connectivity index (χ3n) is 3.93. The molecule has 0 fully saturated rings. The Morgan fingerprint density at radius 2 is 1.67 bits per heavy atom. The first-order valence-electron chi connectivity index (χ1n) is 8.30. The fourth-order valence-electron chi connectivity index (χ4n) is 2.91. The summed E-state index contributed by atoms with van der Waals surface area (Å²) in [6.45, 7) is 4.77. The summed E-state index contributed by atoms with van der Waals surface area (Å²) in [6.07, 6.45) is 0. The number of carbonyl (C=O) groups excluding carboxylic acids is 1. The molecule has 0 bridgehead atoms. The van der Waals surface area contributed by atoms with Crippen LogP contribution in [-0.4, -0.2) is 24.1 Å². The lowest BCUT2D eigenvalue weighted by Crippen LogP contribution is -2.15. The first kappa shape index (κ1) is 18.7. The van der Waals surface area contributed by atoms with Gasteiger partial charge in [0.15, 0.2) is 0 Å². The van der Waals surface area contributed by atoms with Crippen LogP contribution in [0, 0.1) is 13.8 Å². The number of hydrogen-bond donors (Lipinski definition) is 2. The van der Waals surface area contributed by atoms with E-state index in [2.05, 4.69) is 15.1 Å². The van der Waals surface area contributed by atoms with Gasteiger partial charge in [-0.15, -0.1) is 0 Å². The Hall–Kier alpha value is -3.13. The van der Waals surface area contributed by atoms with Gasteiger partial charge in [-0.25, -0.2) is 13.1 Å². The van der Waals surface area contributed by atoms with Crippen molar-refractivity contribution in [2.75, 3.05) is 10.0 Å².